The van der Waals surface area contributed by atoms with E-state index in [1.165, 1.54) is 0 Å². The topological polar surface area (TPSA) is 36.1 Å². The molecule has 60 valence electrons. The molecule has 0 radical (unpaired) electrons. The van der Waals surface area contributed by atoms with Gasteiger partial charge in [-0.2, -0.15) is 5.26 Å². The first kappa shape index (κ1) is 8.48. The number of nitriles is 1. The van der Waals surface area contributed by atoms with Crippen LogP contribution >= 0.6 is 0 Å². The van der Waals surface area contributed by atoms with Crippen molar-refractivity contribution in [3.8, 4) is 6.07 Å². The van der Waals surface area contributed by atoms with Crippen molar-refractivity contribution >= 4 is 11.9 Å². The SMILES string of the molecule is CC=Nc1cc(C#N)ccc1C. The van der Waals surface area contributed by atoms with Crippen LogP contribution in [0.2, 0.25) is 0 Å². The Morgan fingerprint density at radius 1 is 1.50 bits per heavy atom. The molecule has 0 bridgehead atoms. The van der Waals surface area contributed by atoms with Crippen LogP contribution in [0.3, 0.4) is 0 Å². The third kappa shape index (κ3) is 1.70. The molecule has 0 unspecified atom stereocenters. The van der Waals surface area contributed by atoms with Crippen LogP contribution in [0.25, 0.3) is 0 Å². The lowest BCUT2D eigenvalue weighted by Gasteiger charge is -1.98. The summed E-state index contributed by atoms with van der Waals surface area (Å²) in [6.07, 6.45) is 1.73. The molecule has 0 atom stereocenters. The van der Waals surface area contributed by atoms with E-state index >= 15 is 0 Å². The smallest absolute Gasteiger partial charge is 0.0992 e. The van der Waals surface area contributed by atoms with Gasteiger partial charge in [-0.15, -0.1) is 0 Å². The third-order valence-electron chi connectivity index (χ3n) is 1.61. The molecule has 2 heteroatoms. The van der Waals surface area contributed by atoms with E-state index in [0.29, 0.717) is 5.56 Å². The molecule has 0 aliphatic rings. The average molecular weight is 158 g/mol. The van der Waals surface area contributed by atoms with E-state index < -0.39 is 0 Å². The van der Waals surface area contributed by atoms with Crippen molar-refractivity contribution in [1.29, 1.82) is 5.26 Å². The summed E-state index contributed by atoms with van der Waals surface area (Å²) in [4.78, 5) is 4.14. The molecule has 0 saturated heterocycles. The molecular formula is C10H10N2. The maximum atomic E-state index is 8.62. The van der Waals surface area contributed by atoms with Crippen LogP contribution in [0.15, 0.2) is 23.2 Å². The Morgan fingerprint density at radius 2 is 2.25 bits per heavy atom. The van der Waals surface area contributed by atoms with Crippen LogP contribution in [0, 0.1) is 18.3 Å². The summed E-state index contributed by atoms with van der Waals surface area (Å²) in [5.74, 6) is 0. The Bertz CT molecular complexity index is 345. The molecule has 0 aliphatic carbocycles. The van der Waals surface area contributed by atoms with Gasteiger partial charge in [-0.3, -0.25) is 4.99 Å². The number of rotatable bonds is 1. The first-order valence-corrected chi connectivity index (χ1v) is 3.77. The Kier molecular flexibility index (Phi) is 2.60. The van der Waals surface area contributed by atoms with Crippen molar-refractivity contribution in [3.05, 3.63) is 29.3 Å². The van der Waals surface area contributed by atoms with Crippen LogP contribution < -0.4 is 0 Å². The van der Waals surface area contributed by atoms with Gasteiger partial charge in [0.25, 0.3) is 0 Å². The summed E-state index contributed by atoms with van der Waals surface area (Å²) < 4.78 is 0. The zero-order valence-corrected chi connectivity index (χ0v) is 7.20. The molecule has 0 spiro atoms. The van der Waals surface area contributed by atoms with Gasteiger partial charge >= 0.3 is 0 Å². The zero-order valence-electron chi connectivity index (χ0n) is 7.20. The molecule has 0 aliphatic heterocycles. The standard InChI is InChI=1S/C10H10N2/c1-3-12-10-6-9(7-11)5-4-8(10)2/h3-6H,1-2H3. The van der Waals surface area contributed by atoms with Crippen molar-refractivity contribution < 1.29 is 0 Å². The quantitative estimate of drug-likeness (QED) is 0.578. The monoisotopic (exact) mass is 158 g/mol. The summed E-state index contributed by atoms with van der Waals surface area (Å²) in [6.45, 7) is 3.84. The van der Waals surface area contributed by atoms with E-state index in [1.807, 2.05) is 19.9 Å². The lowest BCUT2D eigenvalue weighted by atomic mass is 10.1. The van der Waals surface area contributed by atoms with Gasteiger partial charge in [-0.1, -0.05) is 6.07 Å². The first-order valence-electron chi connectivity index (χ1n) is 3.77. The van der Waals surface area contributed by atoms with E-state index in [9.17, 15) is 0 Å². The Balaban J connectivity index is 3.19. The van der Waals surface area contributed by atoms with E-state index in [-0.39, 0.29) is 0 Å². The van der Waals surface area contributed by atoms with Gasteiger partial charge in [0, 0.05) is 6.21 Å². The maximum absolute atomic E-state index is 8.62. The van der Waals surface area contributed by atoms with Gasteiger partial charge < -0.3 is 0 Å². The molecule has 1 aromatic rings. The van der Waals surface area contributed by atoms with Crippen LogP contribution in [0.5, 0.6) is 0 Å². The van der Waals surface area contributed by atoms with E-state index in [4.69, 9.17) is 5.26 Å². The highest BCUT2D eigenvalue weighted by molar-refractivity contribution is 5.63. The molecule has 12 heavy (non-hydrogen) atoms. The highest BCUT2D eigenvalue weighted by atomic mass is 14.7. The maximum Gasteiger partial charge on any atom is 0.0992 e. The van der Waals surface area contributed by atoms with Crippen molar-refractivity contribution in [3.63, 3.8) is 0 Å². The average Bonchev–Trinajstić information content (AvgIpc) is 2.09. The number of hydrogen-bond donors (Lipinski definition) is 0. The lowest BCUT2D eigenvalue weighted by molar-refractivity contribution is 1.38. The fourth-order valence-electron chi connectivity index (χ4n) is 0.957. The Labute approximate surface area is 72.2 Å². The van der Waals surface area contributed by atoms with Crippen LogP contribution in [0.1, 0.15) is 18.1 Å². The fourth-order valence-corrected chi connectivity index (χ4v) is 0.957. The van der Waals surface area contributed by atoms with Gasteiger partial charge in [-0.05, 0) is 31.5 Å². The molecule has 0 fully saturated rings. The molecule has 0 aromatic heterocycles. The Morgan fingerprint density at radius 3 is 2.83 bits per heavy atom. The second-order valence-electron chi connectivity index (χ2n) is 2.50. The summed E-state index contributed by atoms with van der Waals surface area (Å²) >= 11 is 0. The molecule has 0 N–H and O–H groups in total. The number of nitrogens with zero attached hydrogens (tertiary/aromatic N) is 2. The minimum absolute atomic E-state index is 0.654. The third-order valence-corrected chi connectivity index (χ3v) is 1.61. The molecule has 0 heterocycles. The lowest BCUT2D eigenvalue weighted by Crippen LogP contribution is -1.77. The highest BCUT2D eigenvalue weighted by Crippen LogP contribution is 2.18. The highest BCUT2D eigenvalue weighted by Gasteiger charge is 1.96. The first-order chi connectivity index (χ1) is 5.77. The zero-order chi connectivity index (χ0) is 8.97. The van der Waals surface area contributed by atoms with Gasteiger partial charge in [0.05, 0.1) is 17.3 Å². The predicted molar refractivity (Wildman–Crippen MR) is 49.7 cm³/mol. The van der Waals surface area contributed by atoms with Crippen molar-refractivity contribution in [2.24, 2.45) is 4.99 Å². The van der Waals surface area contributed by atoms with Crippen LogP contribution in [-0.2, 0) is 0 Å². The molecule has 1 rings (SSSR count). The minimum Gasteiger partial charge on any atom is -0.261 e. The second-order valence-corrected chi connectivity index (χ2v) is 2.50. The summed E-state index contributed by atoms with van der Waals surface area (Å²) in [7, 11) is 0. The number of aryl methyl sites for hydroxylation is 1. The molecule has 0 saturated carbocycles. The van der Waals surface area contributed by atoms with Gasteiger partial charge in [0.2, 0.25) is 0 Å². The normalized spacial score (nSPS) is 10.1. The van der Waals surface area contributed by atoms with E-state index in [0.717, 1.165) is 11.3 Å². The molecule has 0 amide bonds. The van der Waals surface area contributed by atoms with E-state index in [1.54, 1.807) is 18.3 Å². The van der Waals surface area contributed by atoms with Crippen molar-refractivity contribution in [2.75, 3.05) is 0 Å². The minimum atomic E-state index is 0.654. The van der Waals surface area contributed by atoms with Crippen LogP contribution in [-0.4, -0.2) is 6.21 Å². The number of benzene rings is 1. The summed E-state index contributed by atoms with van der Waals surface area (Å²) in [5, 5.41) is 8.62. The molecular weight excluding hydrogens is 148 g/mol. The fraction of sp³-hybridized carbons (Fsp3) is 0.200. The van der Waals surface area contributed by atoms with E-state index in [2.05, 4.69) is 11.1 Å². The molecule has 2 nitrogen and oxygen atoms in total. The number of hydrogen-bond acceptors (Lipinski definition) is 2. The Hall–Kier alpha value is -1.62. The predicted octanol–water partition coefficient (Wildman–Crippen LogP) is 2.59. The van der Waals surface area contributed by atoms with Gasteiger partial charge in [-0.25, -0.2) is 0 Å². The van der Waals surface area contributed by atoms with Crippen molar-refractivity contribution in [1.82, 2.24) is 0 Å². The largest absolute Gasteiger partial charge is 0.261 e. The number of aliphatic imine (C=N–C) groups is 1. The van der Waals surface area contributed by atoms with Gasteiger partial charge in [0.1, 0.15) is 0 Å². The second kappa shape index (κ2) is 3.68. The summed E-state index contributed by atoms with van der Waals surface area (Å²) in [5.41, 5.74) is 2.62. The molecule has 1 aromatic carbocycles. The van der Waals surface area contributed by atoms with Crippen LogP contribution in [0.4, 0.5) is 5.69 Å². The van der Waals surface area contributed by atoms with Crippen molar-refractivity contribution in [2.45, 2.75) is 13.8 Å². The summed E-state index contributed by atoms with van der Waals surface area (Å²) in [6, 6.07) is 7.57. The van der Waals surface area contributed by atoms with Gasteiger partial charge in [0.15, 0.2) is 0 Å².